The van der Waals surface area contributed by atoms with Crippen LogP contribution < -0.4 is 10.6 Å². The SMILES string of the molecule is O=C(Nc1nc(C(=O)NCc2cccs2)cs1)c1ccc(F)c(F)c1. The summed E-state index contributed by atoms with van der Waals surface area (Å²) in [5, 5.41) is 8.78. The molecule has 5 nitrogen and oxygen atoms in total. The Balaban J connectivity index is 1.61. The molecule has 3 aromatic rings. The molecule has 2 aromatic heterocycles. The number of anilines is 1. The van der Waals surface area contributed by atoms with E-state index in [1.165, 1.54) is 16.7 Å². The van der Waals surface area contributed by atoms with Crippen molar-refractivity contribution < 1.29 is 18.4 Å². The summed E-state index contributed by atoms with van der Waals surface area (Å²) in [5.74, 6) is -3.15. The quantitative estimate of drug-likeness (QED) is 0.711. The lowest BCUT2D eigenvalue weighted by Gasteiger charge is -2.02. The maximum Gasteiger partial charge on any atom is 0.271 e. The number of hydrogen-bond donors (Lipinski definition) is 2. The number of nitrogens with zero attached hydrogens (tertiary/aromatic N) is 1. The third kappa shape index (κ3) is 4.25. The number of rotatable bonds is 5. The van der Waals surface area contributed by atoms with Gasteiger partial charge in [0.25, 0.3) is 11.8 Å². The van der Waals surface area contributed by atoms with Gasteiger partial charge in [-0.25, -0.2) is 13.8 Å². The molecule has 25 heavy (non-hydrogen) atoms. The van der Waals surface area contributed by atoms with Gasteiger partial charge in [-0.2, -0.15) is 0 Å². The van der Waals surface area contributed by atoms with Gasteiger partial charge < -0.3 is 5.32 Å². The molecule has 1 aromatic carbocycles. The average Bonchev–Trinajstić information content (AvgIpc) is 3.27. The van der Waals surface area contributed by atoms with Crippen LogP contribution in [0.3, 0.4) is 0 Å². The van der Waals surface area contributed by atoms with Crippen LogP contribution in [-0.2, 0) is 6.54 Å². The van der Waals surface area contributed by atoms with Crippen molar-refractivity contribution >= 4 is 39.6 Å². The molecule has 0 aliphatic carbocycles. The number of nitrogens with one attached hydrogen (secondary N) is 2. The number of benzene rings is 1. The smallest absolute Gasteiger partial charge is 0.271 e. The molecular weight excluding hydrogens is 368 g/mol. The Hall–Kier alpha value is -2.65. The van der Waals surface area contributed by atoms with Crippen molar-refractivity contribution in [1.82, 2.24) is 10.3 Å². The molecule has 0 atom stereocenters. The first-order valence-electron chi connectivity index (χ1n) is 7.05. The number of hydrogen-bond acceptors (Lipinski definition) is 5. The van der Waals surface area contributed by atoms with E-state index in [-0.39, 0.29) is 22.3 Å². The molecule has 0 saturated carbocycles. The van der Waals surface area contributed by atoms with Crippen LogP contribution in [0.15, 0.2) is 41.1 Å². The van der Waals surface area contributed by atoms with Crippen molar-refractivity contribution in [3.63, 3.8) is 0 Å². The van der Waals surface area contributed by atoms with Crippen molar-refractivity contribution in [3.8, 4) is 0 Å². The van der Waals surface area contributed by atoms with E-state index >= 15 is 0 Å². The van der Waals surface area contributed by atoms with Crippen LogP contribution in [0.25, 0.3) is 0 Å². The monoisotopic (exact) mass is 379 g/mol. The first-order valence-corrected chi connectivity index (χ1v) is 8.81. The maximum absolute atomic E-state index is 13.2. The molecule has 2 N–H and O–H groups in total. The summed E-state index contributed by atoms with van der Waals surface area (Å²) < 4.78 is 26.1. The first kappa shape index (κ1) is 17.2. The molecule has 3 rings (SSSR count). The summed E-state index contributed by atoms with van der Waals surface area (Å²) in [5.41, 5.74) is 0.125. The van der Waals surface area contributed by atoms with Crippen molar-refractivity contribution in [2.45, 2.75) is 6.54 Å². The summed E-state index contributed by atoms with van der Waals surface area (Å²) >= 11 is 2.59. The van der Waals surface area contributed by atoms with Gasteiger partial charge in [-0.15, -0.1) is 22.7 Å². The van der Waals surface area contributed by atoms with E-state index in [0.29, 0.717) is 6.54 Å². The number of carbonyl (C=O) groups is 2. The molecule has 0 radical (unpaired) electrons. The number of amides is 2. The van der Waals surface area contributed by atoms with Crippen LogP contribution >= 0.6 is 22.7 Å². The number of aromatic nitrogens is 1. The summed E-state index contributed by atoms with van der Waals surface area (Å²) in [6.45, 7) is 0.393. The highest BCUT2D eigenvalue weighted by molar-refractivity contribution is 7.14. The second-order valence-electron chi connectivity index (χ2n) is 4.88. The Morgan fingerprint density at radius 2 is 1.92 bits per heavy atom. The normalized spacial score (nSPS) is 10.5. The van der Waals surface area contributed by atoms with Crippen LogP contribution in [0.1, 0.15) is 25.7 Å². The van der Waals surface area contributed by atoms with Crippen molar-refractivity contribution in [1.29, 1.82) is 0 Å². The Labute approximate surface area is 149 Å². The summed E-state index contributed by atoms with van der Waals surface area (Å²) in [4.78, 5) is 29.1. The molecular formula is C16H11F2N3O2S2. The van der Waals surface area contributed by atoms with Gasteiger partial charge in [-0.3, -0.25) is 14.9 Å². The average molecular weight is 379 g/mol. The summed E-state index contributed by atoms with van der Waals surface area (Å²) in [6.07, 6.45) is 0. The molecule has 0 fully saturated rings. The number of thiophene rings is 1. The van der Waals surface area contributed by atoms with E-state index < -0.39 is 17.5 Å². The molecule has 128 valence electrons. The lowest BCUT2D eigenvalue weighted by atomic mass is 10.2. The Bertz CT molecular complexity index is 910. The second-order valence-corrected chi connectivity index (χ2v) is 6.77. The Kier molecular flexibility index (Phi) is 5.15. The third-order valence-corrected chi connectivity index (χ3v) is 4.78. The Morgan fingerprint density at radius 3 is 2.64 bits per heavy atom. The van der Waals surface area contributed by atoms with Gasteiger partial charge in [-0.05, 0) is 29.6 Å². The molecule has 9 heteroatoms. The maximum atomic E-state index is 13.2. The zero-order valence-corrected chi connectivity index (χ0v) is 14.2. The standard InChI is InChI=1S/C16H11F2N3O2S2/c17-11-4-3-9(6-12(11)18)14(22)21-16-20-13(8-25-16)15(23)19-7-10-2-1-5-24-10/h1-6,8H,7H2,(H,19,23)(H,20,21,22). The molecule has 0 saturated heterocycles. The Morgan fingerprint density at radius 1 is 1.08 bits per heavy atom. The minimum atomic E-state index is -1.11. The number of carbonyl (C=O) groups excluding carboxylic acids is 2. The highest BCUT2D eigenvalue weighted by atomic mass is 32.1. The van der Waals surface area contributed by atoms with Gasteiger partial charge in [0, 0.05) is 15.8 Å². The van der Waals surface area contributed by atoms with E-state index in [1.807, 2.05) is 17.5 Å². The number of thiazole rings is 1. The zero-order valence-electron chi connectivity index (χ0n) is 12.6. The second kappa shape index (κ2) is 7.49. The van der Waals surface area contributed by atoms with E-state index in [9.17, 15) is 18.4 Å². The van der Waals surface area contributed by atoms with Crippen LogP contribution in [-0.4, -0.2) is 16.8 Å². The zero-order chi connectivity index (χ0) is 17.8. The fourth-order valence-corrected chi connectivity index (χ4v) is 3.24. The molecule has 0 aliphatic heterocycles. The van der Waals surface area contributed by atoms with Crippen molar-refractivity contribution in [2.24, 2.45) is 0 Å². The van der Waals surface area contributed by atoms with Gasteiger partial charge in [0.2, 0.25) is 0 Å². The van der Waals surface area contributed by atoms with E-state index in [0.717, 1.165) is 34.4 Å². The van der Waals surface area contributed by atoms with E-state index in [2.05, 4.69) is 15.6 Å². The van der Waals surface area contributed by atoms with E-state index in [1.54, 1.807) is 0 Å². The summed E-state index contributed by atoms with van der Waals surface area (Å²) in [7, 11) is 0. The van der Waals surface area contributed by atoms with Gasteiger partial charge in [0.15, 0.2) is 16.8 Å². The van der Waals surface area contributed by atoms with Gasteiger partial charge in [-0.1, -0.05) is 6.07 Å². The van der Waals surface area contributed by atoms with Crippen LogP contribution in [0, 0.1) is 11.6 Å². The lowest BCUT2D eigenvalue weighted by molar-refractivity contribution is 0.0945. The highest BCUT2D eigenvalue weighted by Gasteiger charge is 2.14. The molecule has 0 spiro atoms. The fourth-order valence-electron chi connectivity index (χ4n) is 1.91. The minimum Gasteiger partial charge on any atom is -0.346 e. The predicted molar refractivity (Wildman–Crippen MR) is 91.9 cm³/mol. The van der Waals surface area contributed by atoms with E-state index in [4.69, 9.17) is 0 Å². The van der Waals surface area contributed by atoms with Crippen LogP contribution in [0.2, 0.25) is 0 Å². The van der Waals surface area contributed by atoms with Gasteiger partial charge in [0.1, 0.15) is 5.69 Å². The highest BCUT2D eigenvalue weighted by Crippen LogP contribution is 2.18. The topological polar surface area (TPSA) is 71.1 Å². The largest absolute Gasteiger partial charge is 0.346 e. The summed E-state index contributed by atoms with van der Waals surface area (Å²) in [6, 6.07) is 6.62. The molecule has 0 aliphatic rings. The fraction of sp³-hybridized carbons (Fsp3) is 0.0625. The molecule has 0 unspecified atom stereocenters. The molecule has 2 heterocycles. The van der Waals surface area contributed by atoms with Crippen LogP contribution in [0.5, 0.6) is 0 Å². The van der Waals surface area contributed by atoms with Crippen molar-refractivity contribution in [2.75, 3.05) is 5.32 Å². The first-order chi connectivity index (χ1) is 12.0. The minimum absolute atomic E-state index is 0.0437. The van der Waals surface area contributed by atoms with Gasteiger partial charge >= 0.3 is 0 Å². The predicted octanol–water partition coefficient (Wildman–Crippen LogP) is 3.67. The lowest BCUT2D eigenvalue weighted by Crippen LogP contribution is -2.22. The third-order valence-electron chi connectivity index (χ3n) is 3.14. The van der Waals surface area contributed by atoms with Crippen molar-refractivity contribution in [3.05, 3.63) is 68.9 Å². The molecule has 0 bridgehead atoms. The number of halogens is 2. The molecule has 2 amide bonds. The van der Waals surface area contributed by atoms with Crippen LogP contribution in [0.4, 0.5) is 13.9 Å². The van der Waals surface area contributed by atoms with Gasteiger partial charge in [0.05, 0.1) is 6.54 Å².